The van der Waals surface area contributed by atoms with Crippen molar-refractivity contribution in [1.29, 1.82) is 0 Å². The van der Waals surface area contributed by atoms with Gasteiger partial charge in [0.1, 0.15) is 0 Å². The predicted octanol–water partition coefficient (Wildman–Crippen LogP) is 1.82. The second-order valence-corrected chi connectivity index (χ2v) is 6.31. The second-order valence-electron chi connectivity index (χ2n) is 6.31. The molecule has 0 aliphatic rings. The molecule has 2 amide bonds. The fourth-order valence-corrected chi connectivity index (χ4v) is 2.45. The molecule has 142 valence electrons. The third-order valence-electron chi connectivity index (χ3n) is 3.96. The molecular formula is C18H38N4O2. The fourth-order valence-electron chi connectivity index (χ4n) is 2.45. The van der Waals surface area contributed by atoms with E-state index in [1.807, 2.05) is 0 Å². The molecule has 0 radical (unpaired) electrons. The Balaban J connectivity index is 3.24. The summed E-state index contributed by atoms with van der Waals surface area (Å²) < 4.78 is 0. The van der Waals surface area contributed by atoms with Gasteiger partial charge in [0.05, 0.1) is 0 Å². The minimum Gasteiger partial charge on any atom is -0.356 e. The van der Waals surface area contributed by atoms with Gasteiger partial charge in [-0.25, -0.2) is 0 Å². The maximum atomic E-state index is 11.5. The summed E-state index contributed by atoms with van der Waals surface area (Å²) in [7, 11) is 0. The van der Waals surface area contributed by atoms with Crippen LogP contribution in [-0.2, 0) is 9.59 Å². The van der Waals surface area contributed by atoms with Crippen LogP contribution >= 0.6 is 0 Å². The minimum atomic E-state index is 0.147. The Labute approximate surface area is 147 Å². The molecule has 0 heterocycles. The lowest BCUT2D eigenvalue weighted by atomic mass is 10.1. The van der Waals surface area contributed by atoms with Crippen molar-refractivity contribution in [3.63, 3.8) is 0 Å². The molecule has 6 heteroatoms. The van der Waals surface area contributed by atoms with Crippen LogP contribution in [0, 0.1) is 0 Å². The van der Waals surface area contributed by atoms with Crippen molar-refractivity contribution in [2.75, 3.05) is 26.2 Å². The summed E-state index contributed by atoms with van der Waals surface area (Å²) >= 11 is 0. The van der Waals surface area contributed by atoms with Gasteiger partial charge in [-0.1, -0.05) is 25.7 Å². The van der Waals surface area contributed by atoms with Gasteiger partial charge in [-0.3, -0.25) is 9.59 Å². The predicted molar refractivity (Wildman–Crippen MR) is 99.5 cm³/mol. The monoisotopic (exact) mass is 342 g/mol. The summed E-state index contributed by atoms with van der Waals surface area (Å²) in [6.45, 7) is 2.92. The number of nitrogens with two attached hydrogens (primary N) is 2. The maximum Gasteiger partial charge on any atom is 0.219 e. The third kappa shape index (κ3) is 17.2. The number of unbranched alkanes of at least 4 members (excludes halogenated alkanes) is 7. The number of amides is 2. The number of carbonyl (C=O) groups is 2. The van der Waals surface area contributed by atoms with Gasteiger partial charge in [-0.05, 0) is 51.6 Å². The van der Waals surface area contributed by atoms with Gasteiger partial charge in [0.15, 0.2) is 0 Å². The zero-order valence-corrected chi connectivity index (χ0v) is 15.3. The molecule has 0 rings (SSSR count). The van der Waals surface area contributed by atoms with Crippen LogP contribution in [0.3, 0.4) is 0 Å². The first kappa shape index (κ1) is 22.9. The lowest BCUT2D eigenvalue weighted by molar-refractivity contribution is -0.122. The fraction of sp³-hybridized carbons (Fsp3) is 0.889. The SMILES string of the molecule is NCCCCCC(=O)NCCCCCCNC(=O)CCCCCN. The summed E-state index contributed by atoms with van der Waals surface area (Å²) in [5.74, 6) is 0.294. The van der Waals surface area contributed by atoms with E-state index in [0.717, 1.165) is 77.3 Å². The molecule has 0 atom stereocenters. The quantitative estimate of drug-likeness (QED) is 0.302. The van der Waals surface area contributed by atoms with Crippen molar-refractivity contribution in [3.8, 4) is 0 Å². The molecule has 0 aromatic rings. The molecular weight excluding hydrogens is 304 g/mol. The van der Waals surface area contributed by atoms with Crippen molar-refractivity contribution in [3.05, 3.63) is 0 Å². The topological polar surface area (TPSA) is 110 Å². The number of hydrogen-bond acceptors (Lipinski definition) is 4. The molecule has 0 aromatic carbocycles. The molecule has 0 bridgehead atoms. The molecule has 0 unspecified atom stereocenters. The Bertz CT molecular complexity index is 281. The van der Waals surface area contributed by atoms with Crippen molar-refractivity contribution >= 4 is 11.8 Å². The Morgan fingerprint density at radius 2 is 0.917 bits per heavy atom. The summed E-state index contributed by atoms with van der Waals surface area (Å²) in [5.41, 5.74) is 10.8. The number of carbonyl (C=O) groups excluding carboxylic acids is 2. The number of nitrogens with one attached hydrogen (secondary N) is 2. The van der Waals surface area contributed by atoms with E-state index in [-0.39, 0.29) is 11.8 Å². The molecule has 0 fully saturated rings. The Morgan fingerprint density at radius 3 is 1.29 bits per heavy atom. The third-order valence-corrected chi connectivity index (χ3v) is 3.96. The highest BCUT2D eigenvalue weighted by Crippen LogP contribution is 2.01. The van der Waals surface area contributed by atoms with Gasteiger partial charge < -0.3 is 22.1 Å². The average molecular weight is 343 g/mol. The summed E-state index contributed by atoms with van der Waals surface area (Å²) in [6.07, 6.45) is 11.3. The first-order chi connectivity index (χ1) is 11.7. The Hall–Kier alpha value is -1.14. The van der Waals surface area contributed by atoms with Crippen LogP contribution in [-0.4, -0.2) is 38.0 Å². The lowest BCUT2D eigenvalue weighted by Gasteiger charge is -2.06. The first-order valence-electron chi connectivity index (χ1n) is 9.64. The summed E-state index contributed by atoms with van der Waals surface area (Å²) in [6, 6.07) is 0. The van der Waals surface area contributed by atoms with Gasteiger partial charge in [0.25, 0.3) is 0 Å². The van der Waals surface area contributed by atoms with Gasteiger partial charge in [-0.15, -0.1) is 0 Å². The largest absolute Gasteiger partial charge is 0.356 e. The molecule has 24 heavy (non-hydrogen) atoms. The van der Waals surface area contributed by atoms with E-state index in [0.29, 0.717) is 25.9 Å². The van der Waals surface area contributed by atoms with Crippen LogP contribution < -0.4 is 22.1 Å². The first-order valence-corrected chi connectivity index (χ1v) is 9.64. The van der Waals surface area contributed by atoms with Crippen molar-refractivity contribution < 1.29 is 9.59 Å². The van der Waals surface area contributed by atoms with Crippen LogP contribution in [0.5, 0.6) is 0 Å². The van der Waals surface area contributed by atoms with Crippen molar-refractivity contribution in [2.24, 2.45) is 11.5 Å². The summed E-state index contributed by atoms with van der Waals surface area (Å²) in [4.78, 5) is 23.1. The van der Waals surface area contributed by atoms with Crippen LogP contribution in [0.25, 0.3) is 0 Å². The molecule has 0 saturated carbocycles. The van der Waals surface area contributed by atoms with E-state index in [4.69, 9.17) is 11.5 Å². The van der Waals surface area contributed by atoms with Crippen LogP contribution in [0.2, 0.25) is 0 Å². The zero-order chi connectivity index (χ0) is 17.9. The highest BCUT2D eigenvalue weighted by atomic mass is 16.2. The van der Waals surface area contributed by atoms with E-state index in [2.05, 4.69) is 10.6 Å². The molecule has 0 aliphatic heterocycles. The Kier molecular flexibility index (Phi) is 17.3. The Morgan fingerprint density at radius 1 is 0.542 bits per heavy atom. The van der Waals surface area contributed by atoms with Gasteiger partial charge in [0, 0.05) is 25.9 Å². The lowest BCUT2D eigenvalue weighted by Crippen LogP contribution is -2.24. The highest BCUT2D eigenvalue weighted by molar-refractivity contribution is 5.76. The average Bonchev–Trinajstić information content (AvgIpc) is 2.58. The van der Waals surface area contributed by atoms with Gasteiger partial charge in [0.2, 0.25) is 11.8 Å². The zero-order valence-electron chi connectivity index (χ0n) is 15.3. The molecule has 0 spiro atoms. The number of rotatable bonds is 17. The molecule has 0 aromatic heterocycles. The van der Waals surface area contributed by atoms with E-state index in [9.17, 15) is 9.59 Å². The van der Waals surface area contributed by atoms with E-state index in [1.54, 1.807) is 0 Å². The van der Waals surface area contributed by atoms with Gasteiger partial charge >= 0.3 is 0 Å². The molecule has 6 nitrogen and oxygen atoms in total. The highest BCUT2D eigenvalue weighted by Gasteiger charge is 2.01. The van der Waals surface area contributed by atoms with E-state index < -0.39 is 0 Å². The smallest absolute Gasteiger partial charge is 0.219 e. The maximum absolute atomic E-state index is 11.5. The van der Waals surface area contributed by atoms with Crippen LogP contribution in [0.1, 0.15) is 77.0 Å². The second kappa shape index (κ2) is 18.2. The van der Waals surface area contributed by atoms with E-state index in [1.165, 1.54) is 0 Å². The van der Waals surface area contributed by atoms with E-state index >= 15 is 0 Å². The van der Waals surface area contributed by atoms with Crippen LogP contribution in [0.15, 0.2) is 0 Å². The van der Waals surface area contributed by atoms with Crippen LogP contribution in [0.4, 0.5) is 0 Å². The number of hydrogen-bond donors (Lipinski definition) is 4. The molecule has 0 aliphatic carbocycles. The van der Waals surface area contributed by atoms with Crippen molar-refractivity contribution in [2.45, 2.75) is 77.0 Å². The summed E-state index contributed by atoms with van der Waals surface area (Å²) in [5, 5.41) is 5.91. The molecule has 0 saturated heterocycles. The minimum absolute atomic E-state index is 0.147. The van der Waals surface area contributed by atoms with Gasteiger partial charge in [-0.2, -0.15) is 0 Å². The normalized spacial score (nSPS) is 10.6. The standard InChI is InChI=1S/C18H38N4O2/c19-13-7-3-5-11-17(23)21-15-9-1-2-10-16-22-18(24)12-6-4-8-14-20/h1-16,19-20H2,(H,21,23)(H,22,24). The molecule has 6 N–H and O–H groups in total. The van der Waals surface area contributed by atoms with Crippen molar-refractivity contribution in [1.82, 2.24) is 10.6 Å².